The number of amides is 1. The van der Waals surface area contributed by atoms with Crippen molar-refractivity contribution >= 4 is 40.1 Å². The van der Waals surface area contributed by atoms with Crippen molar-refractivity contribution < 1.29 is 9.18 Å². The lowest BCUT2D eigenvalue weighted by molar-refractivity contribution is -0.113. The van der Waals surface area contributed by atoms with Crippen molar-refractivity contribution in [3.8, 4) is 11.3 Å². The number of primary amides is 1. The predicted octanol–water partition coefficient (Wildman–Crippen LogP) is 3.82. The summed E-state index contributed by atoms with van der Waals surface area (Å²) < 4.78 is 14.3. The van der Waals surface area contributed by atoms with E-state index in [0.717, 1.165) is 48.3 Å². The van der Waals surface area contributed by atoms with Gasteiger partial charge in [-0.25, -0.2) is 14.4 Å². The fourth-order valence-corrected chi connectivity index (χ4v) is 4.30. The quantitative estimate of drug-likeness (QED) is 0.402. The minimum Gasteiger partial charge on any atom is -0.368 e. The maximum absolute atomic E-state index is 14.3. The van der Waals surface area contributed by atoms with E-state index in [9.17, 15) is 9.18 Å². The number of fused-ring (bicyclic) bond motifs is 1. The van der Waals surface area contributed by atoms with Crippen molar-refractivity contribution in [1.82, 2.24) is 19.9 Å². The van der Waals surface area contributed by atoms with Gasteiger partial charge in [-0.1, -0.05) is 12.1 Å². The lowest BCUT2D eigenvalue weighted by Crippen LogP contribution is -2.44. The molecule has 0 radical (unpaired) electrons. The maximum atomic E-state index is 14.3. The van der Waals surface area contributed by atoms with Gasteiger partial charge in [0.2, 0.25) is 5.91 Å². The SMILES string of the molecule is CN1CCN(c2cc3ncnc(Nc4ccnc(-c5ccccc5F)c4)c3cc2C=CC(N)=O)CC1. The van der Waals surface area contributed by atoms with E-state index in [4.69, 9.17) is 5.73 Å². The van der Waals surface area contributed by atoms with E-state index >= 15 is 0 Å². The van der Waals surface area contributed by atoms with Gasteiger partial charge in [-0.15, -0.1) is 0 Å². The van der Waals surface area contributed by atoms with Gasteiger partial charge < -0.3 is 20.9 Å². The number of benzene rings is 2. The van der Waals surface area contributed by atoms with Crippen LogP contribution in [0.25, 0.3) is 28.2 Å². The molecule has 8 nitrogen and oxygen atoms in total. The normalized spacial score (nSPS) is 14.4. The highest BCUT2D eigenvalue weighted by molar-refractivity contribution is 5.98. The number of pyridine rings is 1. The largest absolute Gasteiger partial charge is 0.368 e. The van der Waals surface area contributed by atoms with Gasteiger partial charge >= 0.3 is 0 Å². The number of nitrogens with zero attached hydrogens (tertiary/aromatic N) is 5. The second-order valence-electron chi connectivity index (χ2n) is 8.71. The smallest absolute Gasteiger partial charge is 0.241 e. The van der Waals surface area contributed by atoms with Crippen LogP contribution in [0.2, 0.25) is 0 Å². The summed E-state index contributed by atoms with van der Waals surface area (Å²) in [6.45, 7) is 3.62. The molecule has 3 N–H and O–H groups in total. The number of carbonyl (C=O) groups is 1. The summed E-state index contributed by atoms with van der Waals surface area (Å²) in [6, 6.07) is 14.1. The van der Waals surface area contributed by atoms with Crippen LogP contribution >= 0.6 is 0 Å². The number of hydrogen-bond acceptors (Lipinski definition) is 7. The van der Waals surface area contributed by atoms with E-state index in [1.165, 1.54) is 18.5 Å². The van der Waals surface area contributed by atoms with Gasteiger partial charge in [0.25, 0.3) is 0 Å². The van der Waals surface area contributed by atoms with Crippen LogP contribution in [-0.4, -0.2) is 59.0 Å². The number of likely N-dealkylation sites (N-methyl/N-ethyl adjacent to an activating group) is 1. The van der Waals surface area contributed by atoms with E-state index in [2.05, 4.69) is 37.1 Å². The van der Waals surface area contributed by atoms with E-state index in [-0.39, 0.29) is 5.82 Å². The number of nitrogens with one attached hydrogen (secondary N) is 1. The number of halogens is 1. The highest BCUT2D eigenvalue weighted by atomic mass is 19.1. The molecule has 1 fully saturated rings. The molecule has 0 bridgehead atoms. The molecule has 0 unspecified atom stereocenters. The van der Waals surface area contributed by atoms with E-state index in [1.54, 1.807) is 42.6 Å². The minimum absolute atomic E-state index is 0.336. The van der Waals surface area contributed by atoms with Gasteiger partial charge in [0, 0.05) is 60.8 Å². The molecule has 1 aliphatic rings. The van der Waals surface area contributed by atoms with Crippen LogP contribution in [0.15, 0.2) is 67.1 Å². The summed E-state index contributed by atoms with van der Waals surface area (Å²) in [5.41, 5.74) is 9.64. The number of rotatable bonds is 6. The second kappa shape index (κ2) is 10.1. The molecule has 0 spiro atoms. The first-order valence-electron chi connectivity index (χ1n) is 11.7. The molecule has 4 aromatic rings. The highest BCUT2D eigenvalue weighted by Crippen LogP contribution is 2.32. The van der Waals surface area contributed by atoms with Gasteiger partial charge in [-0.05, 0) is 55.1 Å². The first-order valence-corrected chi connectivity index (χ1v) is 11.7. The Balaban J connectivity index is 1.54. The molecular formula is C27H26FN7O. The molecular weight excluding hydrogens is 457 g/mol. The summed E-state index contributed by atoms with van der Waals surface area (Å²) >= 11 is 0. The molecule has 0 aliphatic carbocycles. The number of hydrogen-bond donors (Lipinski definition) is 2. The van der Waals surface area contributed by atoms with Crippen molar-refractivity contribution in [1.29, 1.82) is 0 Å². The third kappa shape index (κ3) is 5.01. The van der Waals surface area contributed by atoms with E-state index in [0.29, 0.717) is 22.8 Å². The standard InChI is InChI=1S/C27H26FN7O/c1-34-10-12-35(13-11-34)25-16-24-21(14-18(25)6-7-26(29)36)27(32-17-31-24)33-19-8-9-30-23(15-19)20-4-2-3-5-22(20)28/h2-9,14-17H,10-13H2,1H3,(H2,29,36)(H,30,31,32,33). The highest BCUT2D eigenvalue weighted by Gasteiger charge is 2.18. The topological polar surface area (TPSA) is 100 Å². The second-order valence-corrected chi connectivity index (χ2v) is 8.71. The zero-order valence-electron chi connectivity index (χ0n) is 19.9. The molecule has 5 rings (SSSR count). The Hall–Kier alpha value is -4.37. The van der Waals surface area contributed by atoms with E-state index in [1.807, 2.05) is 12.1 Å². The monoisotopic (exact) mass is 483 g/mol. The molecule has 0 saturated carbocycles. The molecule has 36 heavy (non-hydrogen) atoms. The van der Waals surface area contributed by atoms with Crippen molar-refractivity contribution in [2.75, 3.05) is 43.4 Å². The van der Waals surface area contributed by atoms with Crippen LogP contribution in [-0.2, 0) is 4.79 Å². The fourth-order valence-electron chi connectivity index (χ4n) is 4.30. The Bertz CT molecular complexity index is 1450. The summed E-state index contributed by atoms with van der Waals surface area (Å²) in [5.74, 6) is -0.263. The Morgan fingerprint density at radius 3 is 2.64 bits per heavy atom. The summed E-state index contributed by atoms with van der Waals surface area (Å²) in [4.78, 5) is 29.3. The average molecular weight is 484 g/mol. The van der Waals surface area contributed by atoms with Gasteiger partial charge in [-0.3, -0.25) is 9.78 Å². The third-order valence-corrected chi connectivity index (χ3v) is 6.23. The van der Waals surface area contributed by atoms with E-state index < -0.39 is 5.91 Å². The van der Waals surface area contributed by atoms with Crippen molar-refractivity contribution in [2.45, 2.75) is 0 Å². The van der Waals surface area contributed by atoms with Crippen LogP contribution in [0.5, 0.6) is 0 Å². The Labute approximate surface area is 208 Å². The average Bonchev–Trinajstić information content (AvgIpc) is 2.88. The number of nitrogens with two attached hydrogens (primary N) is 1. The van der Waals surface area contributed by atoms with Crippen LogP contribution in [0.1, 0.15) is 5.56 Å². The van der Waals surface area contributed by atoms with Gasteiger partial charge in [-0.2, -0.15) is 0 Å². The number of piperazine rings is 1. The number of aromatic nitrogens is 3. The van der Waals surface area contributed by atoms with Gasteiger partial charge in [0.1, 0.15) is 18.0 Å². The number of carbonyl (C=O) groups excluding carboxylic acids is 1. The first kappa shape index (κ1) is 23.4. The van der Waals surface area contributed by atoms with Crippen molar-refractivity contribution in [3.05, 3.63) is 78.5 Å². The zero-order chi connectivity index (χ0) is 25.1. The molecule has 2 aromatic carbocycles. The summed E-state index contributed by atoms with van der Waals surface area (Å²) in [6.07, 6.45) is 6.23. The van der Waals surface area contributed by atoms with Crippen LogP contribution in [0, 0.1) is 5.82 Å². The molecule has 1 saturated heterocycles. The van der Waals surface area contributed by atoms with Crippen LogP contribution < -0.4 is 16.0 Å². The Kier molecular flexibility index (Phi) is 6.55. The maximum Gasteiger partial charge on any atom is 0.241 e. The molecule has 9 heteroatoms. The van der Waals surface area contributed by atoms with Crippen molar-refractivity contribution in [3.63, 3.8) is 0 Å². The fraction of sp³-hybridized carbons (Fsp3) is 0.185. The van der Waals surface area contributed by atoms with Crippen LogP contribution in [0.4, 0.5) is 21.6 Å². The molecule has 1 aliphatic heterocycles. The summed E-state index contributed by atoms with van der Waals surface area (Å²) in [5, 5.41) is 4.11. The number of anilines is 3. The third-order valence-electron chi connectivity index (χ3n) is 6.23. The minimum atomic E-state index is -0.514. The van der Waals surface area contributed by atoms with Crippen LogP contribution in [0.3, 0.4) is 0 Å². The summed E-state index contributed by atoms with van der Waals surface area (Å²) in [7, 11) is 2.10. The van der Waals surface area contributed by atoms with Gasteiger partial charge in [0.15, 0.2) is 0 Å². The zero-order valence-corrected chi connectivity index (χ0v) is 19.9. The lowest BCUT2D eigenvalue weighted by atomic mass is 10.1. The molecule has 1 amide bonds. The Morgan fingerprint density at radius 2 is 1.86 bits per heavy atom. The predicted molar refractivity (Wildman–Crippen MR) is 140 cm³/mol. The molecule has 3 heterocycles. The van der Waals surface area contributed by atoms with Crippen molar-refractivity contribution in [2.24, 2.45) is 5.73 Å². The van der Waals surface area contributed by atoms with Gasteiger partial charge in [0.05, 0.1) is 11.2 Å². The molecule has 0 atom stereocenters. The lowest BCUT2D eigenvalue weighted by Gasteiger charge is -2.35. The first-order chi connectivity index (χ1) is 17.5. The molecule has 182 valence electrons. The Morgan fingerprint density at radius 1 is 1.06 bits per heavy atom. The molecule has 2 aromatic heterocycles.